The second-order valence-corrected chi connectivity index (χ2v) is 2.58. The average molecular weight is 314 g/mol. The van der Waals surface area contributed by atoms with E-state index < -0.39 is 46.3 Å². The van der Waals surface area contributed by atoms with Gasteiger partial charge in [-0.3, -0.25) is 0 Å². The third kappa shape index (κ3) is 4.07. The number of carboxylic acid groups (broad SMARTS) is 2. The third-order valence-electron chi connectivity index (χ3n) is 1.67. The molecule has 10 heteroatoms. The van der Waals surface area contributed by atoms with Crippen molar-refractivity contribution in [2.24, 2.45) is 0 Å². The Morgan fingerprint density at radius 1 is 0.667 bits per heavy atom. The second kappa shape index (κ2) is 8.44. The van der Waals surface area contributed by atoms with E-state index in [0.717, 1.165) is 0 Å². The van der Waals surface area contributed by atoms with E-state index >= 15 is 0 Å². The molecular weight excluding hydrogens is 314 g/mol. The molecule has 0 heterocycles. The Labute approximate surface area is 183 Å². The Morgan fingerprint density at radius 3 is 0.944 bits per heavy atom. The molecule has 0 aliphatic heterocycles. The van der Waals surface area contributed by atoms with E-state index in [0.29, 0.717) is 0 Å². The second-order valence-electron chi connectivity index (χ2n) is 2.58. The summed E-state index contributed by atoms with van der Waals surface area (Å²) in [5.74, 6) is -14.5. The molecule has 1 aromatic rings. The smallest absolute Gasteiger partial charge is 0.545 e. The molecule has 0 aliphatic carbocycles. The van der Waals surface area contributed by atoms with Crippen LogP contribution in [0.15, 0.2) is 0 Å². The van der Waals surface area contributed by atoms with Gasteiger partial charge in [-0.2, -0.15) is 0 Å². The average Bonchev–Trinajstić information content (AvgIpc) is 2.14. The van der Waals surface area contributed by atoms with Gasteiger partial charge in [-0.05, 0) is 0 Å². The predicted molar refractivity (Wildman–Crippen MR) is 34.9 cm³/mol. The summed E-state index contributed by atoms with van der Waals surface area (Å²) < 4.78 is 51.3. The molecule has 0 fully saturated rings. The van der Waals surface area contributed by atoms with Crippen LogP contribution in [-0.2, 0) is 0 Å². The van der Waals surface area contributed by atoms with Crippen molar-refractivity contribution >= 4 is 11.9 Å². The molecular formula is C8F4K2O4. The Balaban J connectivity index is 0. The maximum atomic E-state index is 12.8. The van der Waals surface area contributed by atoms with Crippen molar-refractivity contribution in [3.05, 3.63) is 34.4 Å². The van der Waals surface area contributed by atoms with Crippen LogP contribution in [0.4, 0.5) is 17.6 Å². The van der Waals surface area contributed by atoms with Gasteiger partial charge in [0.05, 0.1) is 23.1 Å². The van der Waals surface area contributed by atoms with Crippen molar-refractivity contribution in [3.63, 3.8) is 0 Å². The van der Waals surface area contributed by atoms with Crippen LogP contribution in [0.3, 0.4) is 0 Å². The molecule has 18 heavy (non-hydrogen) atoms. The van der Waals surface area contributed by atoms with Crippen LogP contribution in [0, 0.1) is 23.3 Å². The number of halogens is 4. The van der Waals surface area contributed by atoms with Crippen LogP contribution in [0.25, 0.3) is 0 Å². The Bertz CT molecular complexity index is 432. The molecule has 0 unspecified atom stereocenters. The zero-order valence-corrected chi connectivity index (χ0v) is 15.4. The van der Waals surface area contributed by atoms with Crippen LogP contribution >= 0.6 is 0 Å². The number of carboxylic acids is 2. The van der Waals surface area contributed by atoms with Gasteiger partial charge < -0.3 is 19.8 Å². The number of hydrogen-bond acceptors (Lipinski definition) is 4. The molecule has 1 rings (SSSR count). The van der Waals surface area contributed by atoms with E-state index in [9.17, 15) is 37.4 Å². The van der Waals surface area contributed by atoms with Gasteiger partial charge in [0.25, 0.3) is 0 Å². The van der Waals surface area contributed by atoms with Crippen LogP contribution in [-0.4, -0.2) is 11.9 Å². The van der Waals surface area contributed by atoms with Gasteiger partial charge in [0.2, 0.25) is 0 Å². The number of carbonyl (C=O) groups is 2. The fourth-order valence-corrected chi connectivity index (χ4v) is 0.990. The fourth-order valence-electron chi connectivity index (χ4n) is 0.990. The first kappa shape index (κ1) is 21.5. The van der Waals surface area contributed by atoms with E-state index in [1.54, 1.807) is 0 Å². The van der Waals surface area contributed by atoms with Gasteiger partial charge in [-0.15, -0.1) is 0 Å². The largest absolute Gasteiger partial charge is 1.00 e. The number of benzene rings is 1. The predicted octanol–water partition coefficient (Wildman–Crippen LogP) is -7.02. The quantitative estimate of drug-likeness (QED) is 0.309. The fraction of sp³-hybridized carbons (Fsp3) is 0. The van der Waals surface area contributed by atoms with Crippen molar-refractivity contribution in [1.29, 1.82) is 0 Å². The number of rotatable bonds is 2. The molecule has 86 valence electrons. The summed E-state index contributed by atoms with van der Waals surface area (Å²) in [7, 11) is 0. The molecule has 0 atom stereocenters. The Kier molecular flexibility index (Phi) is 10.1. The number of aromatic carboxylic acids is 2. The first-order valence-corrected chi connectivity index (χ1v) is 3.57. The van der Waals surface area contributed by atoms with E-state index in [1.165, 1.54) is 0 Å². The van der Waals surface area contributed by atoms with E-state index in [2.05, 4.69) is 0 Å². The van der Waals surface area contributed by atoms with Gasteiger partial charge in [0.1, 0.15) is 0 Å². The third-order valence-corrected chi connectivity index (χ3v) is 1.67. The molecule has 0 aliphatic rings. The van der Waals surface area contributed by atoms with Crippen LogP contribution in [0.2, 0.25) is 0 Å². The topological polar surface area (TPSA) is 80.3 Å². The normalized spacial score (nSPS) is 9.11. The first-order valence-electron chi connectivity index (χ1n) is 3.57. The number of carbonyl (C=O) groups excluding carboxylic acids is 2. The standard InChI is InChI=1S/C8H2F4O4.2K/c9-3-1(7(13)14)4(10)6(12)2(5(3)11)8(15)16;;/h(H,13,14)(H,15,16);;/q;2*+1/p-2. The van der Waals surface area contributed by atoms with Crippen molar-refractivity contribution in [3.8, 4) is 0 Å². The summed E-state index contributed by atoms with van der Waals surface area (Å²) in [6, 6.07) is 0. The summed E-state index contributed by atoms with van der Waals surface area (Å²) in [5, 5.41) is 20.3. The molecule has 4 nitrogen and oxygen atoms in total. The maximum absolute atomic E-state index is 12.8. The zero-order valence-electron chi connectivity index (χ0n) is 9.14. The van der Waals surface area contributed by atoms with E-state index in [-0.39, 0.29) is 103 Å². The van der Waals surface area contributed by atoms with Gasteiger partial charge in [0.15, 0.2) is 23.3 Å². The summed E-state index contributed by atoms with van der Waals surface area (Å²) in [5.41, 5.74) is -4.03. The first-order chi connectivity index (χ1) is 7.29. The zero-order chi connectivity index (χ0) is 12.6. The van der Waals surface area contributed by atoms with E-state index in [4.69, 9.17) is 0 Å². The Morgan fingerprint density at radius 2 is 0.833 bits per heavy atom. The minimum atomic E-state index is -2.52. The van der Waals surface area contributed by atoms with Crippen LogP contribution in [0.1, 0.15) is 20.7 Å². The van der Waals surface area contributed by atoms with Crippen LogP contribution in [0.5, 0.6) is 0 Å². The van der Waals surface area contributed by atoms with Crippen LogP contribution < -0.4 is 113 Å². The van der Waals surface area contributed by atoms with E-state index in [1.807, 2.05) is 0 Å². The molecule has 0 amide bonds. The molecule has 0 radical (unpaired) electrons. The molecule has 1 aromatic carbocycles. The summed E-state index contributed by atoms with van der Waals surface area (Å²) in [4.78, 5) is 20.3. The van der Waals surface area contributed by atoms with Crippen molar-refractivity contribution < 1.29 is 140 Å². The minimum absolute atomic E-state index is 0. The Hall–Kier alpha value is 1.15. The monoisotopic (exact) mass is 314 g/mol. The summed E-state index contributed by atoms with van der Waals surface area (Å²) in [6.07, 6.45) is 0. The number of hydrogen-bond donors (Lipinski definition) is 0. The molecule has 0 saturated heterocycles. The van der Waals surface area contributed by atoms with Gasteiger partial charge in [0, 0.05) is 0 Å². The van der Waals surface area contributed by atoms with Gasteiger partial charge in [-0.1, -0.05) is 0 Å². The van der Waals surface area contributed by atoms with Gasteiger partial charge in [-0.25, -0.2) is 17.6 Å². The SMILES string of the molecule is O=C([O-])c1c(F)c(F)c(C(=O)[O-])c(F)c1F.[K+].[K+]. The maximum Gasteiger partial charge on any atom is 1.00 e. The molecule has 0 aromatic heterocycles. The van der Waals surface area contributed by atoms with Crippen molar-refractivity contribution in [2.45, 2.75) is 0 Å². The summed E-state index contributed by atoms with van der Waals surface area (Å²) in [6.45, 7) is 0. The van der Waals surface area contributed by atoms with Crippen molar-refractivity contribution in [2.75, 3.05) is 0 Å². The summed E-state index contributed by atoms with van der Waals surface area (Å²) >= 11 is 0. The molecule has 0 N–H and O–H groups in total. The molecule has 0 spiro atoms. The molecule has 0 saturated carbocycles. The van der Waals surface area contributed by atoms with Gasteiger partial charge >= 0.3 is 103 Å². The minimum Gasteiger partial charge on any atom is -0.545 e. The van der Waals surface area contributed by atoms with Crippen molar-refractivity contribution in [1.82, 2.24) is 0 Å². The molecule has 0 bridgehead atoms.